The quantitative estimate of drug-likeness (QED) is 0.709. The minimum atomic E-state index is 0.0826. The van der Waals surface area contributed by atoms with Crippen LogP contribution in [0.4, 0.5) is 0 Å². The fourth-order valence-corrected chi connectivity index (χ4v) is 2.33. The number of unbranched alkanes of at least 4 members (excludes halogenated alkanes) is 5. The van der Waals surface area contributed by atoms with Gasteiger partial charge < -0.3 is 0 Å². The van der Waals surface area contributed by atoms with Crippen LogP contribution in [0, 0.1) is 0 Å². The lowest BCUT2D eigenvalue weighted by Crippen LogP contribution is -2.20. The molecule has 0 unspecified atom stereocenters. The van der Waals surface area contributed by atoms with Crippen molar-refractivity contribution in [3.05, 3.63) is 40.9 Å². The molecule has 0 aliphatic heterocycles. The zero-order chi connectivity index (χ0) is 13.5. The summed E-state index contributed by atoms with van der Waals surface area (Å²) >= 11 is 0. The highest BCUT2D eigenvalue weighted by molar-refractivity contribution is 5.76. The highest BCUT2D eigenvalue weighted by Gasteiger charge is 2.02. The molecular formula is C16H22N2O. The van der Waals surface area contributed by atoms with Crippen molar-refractivity contribution in [3.8, 4) is 0 Å². The number of aryl methyl sites for hydroxylation is 1. The Morgan fingerprint density at radius 2 is 1.79 bits per heavy atom. The van der Waals surface area contributed by atoms with E-state index in [1.54, 1.807) is 10.9 Å². The summed E-state index contributed by atoms with van der Waals surface area (Å²) in [5, 5.41) is 0.719. The molecule has 2 aromatic rings. The number of rotatable bonds is 7. The highest BCUT2D eigenvalue weighted by Crippen LogP contribution is 2.07. The molecule has 0 aliphatic rings. The molecule has 2 rings (SSSR count). The molecule has 0 aliphatic carbocycles. The van der Waals surface area contributed by atoms with E-state index >= 15 is 0 Å². The smallest absolute Gasteiger partial charge is 0.261 e. The van der Waals surface area contributed by atoms with Gasteiger partial charge >= 0.3 is 0 Å². The molecule has 0 N–H and O–H groups in total. The van der Waals surface area contributed by atoms with Gasteiger partial charge in [-0.25, -0.2) is 4.98 Å². The van der Waals surface area contributed by atoms with Gasteiger partial charge in [-0.2, -0.15) is 0 Å². The summed E-state index contributed by atoms with van der Waals surface area (Å²) in [7, 11) is 0. The summed E-state index contributed by atoms with van der Waals surface area (Å²) < 4.78 is 1.74. The zero-order valence-electron chi connectivity index (χ0n) is 11.6. The van der Waals surface area contributed by atoms with Gasteiger partial charge in [0.05, 0.1) is 17.2 Å². The lowest BCUT2D eigenvalue weighted by Gasteiger charge is -2.06. The van der Waals surface area contributed by atoms with Crippen LogP contribution in [-0.2, 0) is 6.54 Å². The van der Waals surface area contributed by atoms with Gasteiger partial charge in [0, 0.05) is 6.54 Å². The average molecular weight is 258 g/mol. The van der Waals surface area contributed by atoms with Crippen molar-refractivity contribution in [1.29, 1.82) is 0 Å². The van der Waals surface area contributed by atoms with E-state index < -0.39 is 0 Å². The standard InChI is InChI=1S/C16H22N2O/c1-2-3-4-5-6-9-12-18-13-17-15-11-8-7-10-14(15)16(18)19/h7-8,10-11,13H,2-6,9,12H2,1H3. The van der Waals surface area contributed by atoms with Crippen molar-refractivity contribution in [3.63, 3.8) is 0 Å². The lowest BCUT2D eigenvalue weighted by atomic mass is 10.1. The first-order valence-corrected chi connectivity index (χ1v) is 7.27. The number of hydrogen-bond acceptors (Lipinski definition) is 2. The molecule has 0 bridgehead atoms. The number of hydrogen-bond donors (Lipinski definition) is 0. The third-order valence-corrected chi connectivity index (χ3v) is 3.48. The van der Waals surface area contributed by atoms with Gasteiger partial charge in [0.1, 0.15) is 0 Å². The maximum Gasteiger partial charge on any atom is 0.261 e. The SMILES string of the molecule is CCCCCCCCn1cnc2ccccc2c1=O. The van der Waals surface area contributed by atoms with Gasteiger partial charge in [-0.15, -0.1) is 0 Å². The number of para-hydroxylation sites is 1. The highest BCUT2D eigenvalue weighted by atomic mass is 16.1. The van der Waals surface area contributed by atoms with Crippen LogP contribution < -0.4 is 5.56 Å². The Bertz CT molecular complexity index is 574. The third-order valence-electron chi connectivity index (χ3n) is 3.48. The number of benzene rings is 1. The fourth-order valence-electron chi connectivity index (χ4n) is 2.33. The monoisotopic (exact) mass is 258 g/mol. The van der Waals surface area contributed by atoms with Crippen LogP contribution in [0.25, 0.3) is 10.9 Å². The van der Waals surface area contributed by atoms with Crippen LogP contribution in [0.5, 0.6) is 0 Å². The first kappa shape index (κ1) is 13.8. The first-order chi connectivity index (χ1) is 9.33. The first-order valence-electron chi connectivity index (χ1n) is 7.27. The molecule has 0 amide bonds. The summed E-state index contributed by atoms with van der Waals surface area (Å²) in [6, 6.07) is 7.53. The molecule has 0 atom stereocenters. The Kier molecular flexibility index (Phi) is 5.13. The van der Waals surface area contributed by atoms with E-state index in [9.17, 15) is 4.79 Å². The Hall–Kier alpha value is -1.64. The summed E-state index contributed by atoms with van der Waals surface area (Å²) in [5.41, 5.74) is 0.867. The molecule has 0 radical (unpaired) electrons. The van der Waals surface area contributed by atoms with Gasteiger partial charge in [-0.1, -0.05) is 51.2 Å². The predicted octanol–water partition coefficient (Wildman–Crippen LogP) is 3.76. The number of aromatic nitrogens is 2. The Balaban J connectivity index is 1.94. The fraction of sp³-hybridized carbons (Fsp3) is 0.500. The van der Waals surface area contributed by atoms with E-state index in [1.807, 2.05) is 24.3 Å². The summed E-state index contributed by atoms with van der Waals surface area (Å²) in [4.78, 5) is 16.6. The van der Waals surface area contributed by atoms with Crippen molar-refractivity contribution in [1.82, 2.24) is 9.55 Å². The lowest BCUT2D eigenvalue weighted by molar-refractivity contribution is 0.547. The normalized spacial score (nSPS) is 11.0. The molecule has 1 heterocycles. The molecule has 0 fully saturated rings. The molecule has 102 valence electrons. The molecule has 3 heteroatoms. The average Bonchev–Trinajstić information content (AvgIpc) is 2.45. The van der Waals surface area contributed by atoms with Gasteiger partial charge in [0.15, 0.2) is 0 Å². The van der Waals surface area contributed by atoms with Gasteiger partial charge in [0.2, 0.25) is 0 Å². The third kappa shape index (κ3) is 3.66. The van der Waals surface area contributed by atoms with Gasteiger partial charge in [-0.3, -0.25) is 9.36 Å². The second kappa shape index (κ2) is 7.07. The van der Waals surface area contributed by atoms with Crippen LogP contribution in [-0.4, -0.2) is 9.55 Å². The van der Waals surface area contributed by atoms with Gasteiger partial charge in [0.25, 0.3) is 5.56 Å². The second-order valence-corrected chi connectivity index (χ2v) is 5.03. The van der Waals surface area contributed by atoms with Crippen LogP contribution in [0.15, 0.2) is 35.4 Å². The molecule has 1 aromatic heterocycles. The van der Waals surface area contributed by atoms with Crippen LogP contribution >= 0.6 is 0 Å². The van der Waals surface area contributed by atoms with E-state index in [2.05, 4.69) is 11.9 Å². The van der Waals surface area contributed by atoms with Gasteiger partial charge in [-0.05, 0) is 18.6 Å². The molecular weight excluding hydrogens is 236 g/mol. The zero-order valence-corrected chi connectivity index (χ0v) is 11.6. The van der Waals surface area contributed by atoms with E-state index in [-0.39, 0.29) is 5.56 Å². The minimum Gasteiger partial charge on any atom is -0.299 e. The van der Waals surface area contributed by atoms with Crippen LogP contribution in [0.1, 0.15) is 45.4 Å². The predicted molar refractivity (Wildman–Crippen MR) is 79.4 cm³/mol. The van der Waals surface area contributed by atoms with E-state index in [0.29, 0.717) is 0 Å². The number of nitrogens with zero attached hydrogens (tertiary/aromatic N) is 2. The van der Waals surface area contributed by atoms with Crippen molar-refractivity contribution in [2.24, 2.45) is 0 Å². The van der Waals surface area contributed by atoms with Crippen molar-refractivity contribution in [2.75, 3.05) is 0 Å². The largest absolute Gasteiger partial charge is 0.299 e. The number of fused-ring (bicyclic) bond motifs is 1. The van der Waals surface area contributed by atoms with E-state index in [1.165, 1.54) is 32.1 Å². The molecule has 0 spiro atoms. The maximum atomic E-state index is 12.2. The van der Waals surface area contributed by atoms with E-state index in [4.69, 9.17) is 0 Å². The molecule has 1 aromatic carbocycles. The Morgan fingerprint density at radius 3 is 2.63 bits per heavy atom. The van der Waals surface area contributed by atoms with E-state index in [0.717, 1.165) is 23.9 Å². The maximum absolute atomic E-state index is 12.2. The topological polar surface area (TPSA) is 34.9 Å². The summed E-state index contributed by atoms with van der Waals surface area (Å²) in [6.45, 7) is 3.00. The van der Waals surface area contributed by atoms with Crippen molar-refractivity contribution < 1.29 is 0 Å². The molecule has 0 saturated carbocycles. The van der Waals surface area contributed by atoms with Crippen molar-refractivity contribution in [2.45, 2.75) is 52.0 Å². The summed E-state index contributed by atoms with van der Waals surface area (Å²) in [5.74, 6) is 0. The molecule has 0 saturated heterocycles. The molecule has 3 nitrogen and oxygen atoms in total. The minimum absolute atomic E-state index is 0.0826. The van der Waals surface area contributed by atoms with Crippen molar-refractivity contribution >= 4 is 10.9 Å². The summed E-state index contributed by atoms with van der Waals surface area (Å²) in [6.07, 6.45) is 9.09. The van der Waals surface area contributed by atoms with Crippen LogP contribution in [0.2, 0.25) is 0 Å². The molecule has 19 heavy (non-hydrogen) atoms. The van der Waals surface area contributed by atoms with Crippen LogP contribution in [0.3, 0.4) is 0 Å². The Morgan fingerprint density at radius 1 is 1.05 bits per heavy atom. The Labute approximate surface area is 114 Å². The second-order valence-electron chi connectivity index (χ2n) is 5.03.